The number of aliphatic hydroxyl groups excluding tert-OH is 1. The molecule has 0 unspecified atom stereocenters. The molecule has 4 rings (SSSR count). The van der Waals surface area contributed by atoms with E-state index in [1.54, 1.807) is 18.2 Å². The first-order valence-corrected chi connectivity index (χ1v) is 9.68. The first-order valence-electron chi connectivity index (χ1n) is 9.68. The van der Waals surface area contributed by atoms with E-state index < -0.39 is 0 Å². The fraction of sp³-hybridized carbons (Fsp3) is 0.524. The molecule has 8 heteroatoms. The molecule has 0 bridgehead atoms. The monoisotopic (exact) mass is 446 g/mol. The summed E-state index contributed by atoms with van der Waals surface area (Å²) < 4.78 is 25.6. The molecule has 5 nitrogen and oxygen atoms in total. The molecule has 162 valence electrons. The number of rotatable bonds is 6. The lowest BCUT2D eigenvalue weighted by atomic mass is 9.58. The van der Waals surface area contributed by atoms with Gasteiger partial charge in [0.25, 0.3) is 0 Å². The highest BCUT2D eigenvalue weighted by Crippen LogP contribution is 2.51. The van der Waals surface area contributed by atoms with Gasteiger partial charge in [0.1, 0.15) is 17.3 Å². The van der Waals surface area contributed by atoms with Crippen LogP contribution in [0, 0.1) is 11.2 Å². The number of piperidine rings is 1. The van der Waals surface area contributed by atoms with Crippen molar-refractivity contribution < 1.29 is 18.7 Å². The van der Waals surface area contributed by atoms with E-state index in [2.05, 4.69) is 4.90 Å². The van der Waals surface area contributed by atoms with Crippen LogP contribution in [0.25, 0.3) is 11.3 Å². The molecule has 1 spiro atoms. The molecule has 0 radical (unpaired) electrons. The predicted molar refractivity (Wildman–Crippen MR) is 115 cm³/mol. The minimum atomic E-state index is -0.279. The Bertz CT molecular complexity index is 781. The molecular formula is C21H29Cl2FN2O3. The van der Waals surface area contributed by atoms with Crippen molar-refractivity contribution in [1.29, 1.82) is 0 Å². The van der Waals surface area contributed by atoms with Gasteiger partial charge in [-0.05, 0) is 50.2 Å². The lowest BCUT2D eigenvalue weighted by molar-refractivity contribution is -0.210. The highest BCUT2D eigenvalue weighted by molar-refractivity contribution is 5.85. The van der Waals surface area contributed by atoms with Crippen LogP contribution in [0.3, 0.4) is 0 Å². The largest absolute Gasteiger partial charge is 0.460 e. The van der Waals surface area contributed by atoms with Crippen LogP contribution in [-0.4, -0.2) is 48.5 Å². The van der Waals surface area contributed by atoms with E-state index in [4.69, 9.17) is 14.9 Å². The molecular weight excluding hydrogens is 418 g/mol. The van der Waals surface area contributed by atoms with Crippen LogP contribution >= 0.6 is 24.8 Å². The maximum Gasteiger partial charge on any atom is 0.137 e. The quantitative estimate of drug-likeness (QED) is 0.708. The van der Waals surface area contributed by atoms with Crippen LogP contribution in [0.4, 0.5) is 4.39 Å². The van der Waals surface area contributed by atoms with E-state index in [1.807, 2.05) is 12.1 Å². The Kier molecular flexibility index (Phi) is 8.52. The van der Waals surface area contributed by atoms with Crippen molar-refractivity contribution in [3.8, 4) is 11.3 Å². The third kappa shape index (κ3) is 4.79. The Hall–Kier alpha value is -1.15. The number of benzene rings is 1. The third-order valence-electron chi connectivity index (χ3n) is 6.15. The van der Waals surface area contributed by atoms with Gasteiger partial charge in [0, 0.05) is 18.4 Å². The summed E-state index contributed by atoms with van der Waals surface area (Å²) in [6, 6.07) is 10.4. The zero-order valence-electron chi connectivity index (χ0n) is 16.3. The van der Waals surface area contributed by atoms with Crippen molar-refractivity contribution in [3.05, 3.63) is 48.0 Å². The van der Waals surface area contributed by atoms with E-state index in [0.717, 1.165) is 31.7 Å². The van der Waals surface area contributed by atoms with Crippen LogP contribution in [0.15, 0.2) is 40.8 Å². The smallest absolute Gasteiger partial charge is 0.137 e. The lowest BCUT2D eigenvalue weighted by Crippen LogP contribution is -2.62. The van der Waals surface area contributed by atoms with E-state index >= 15 is 0 Å². The molecule has 3 N–H and O–H groups in total. The van der Waals surface area contributed by atoms with Gasteiger partial charge >= 0.3 is 0 Å². The number of hydrogen-bond donors (Lipinski definition) is 2. The Morgan fingerprint density at radius 3 is 2.55 bits per heavy atom. The third-order valence-corrected chi connectivity index (χ3v) is 6.15. The Labute approximate surface area is 183 Å². The molecule has 1 aliphatic heterocycles. The van der Waals surface area contributed by atoms with Crippen LogP contribution in [0.5, 0.6) is 0 Å². The lowest BCUT2D eigenvalue weighted by Gasteiger charge is -2.56. The first kappa shape index (κ1) is 24.1. The molecule has 2 aromatic rings. The van der Waals surface area contributed by atoms with Gasteiger partial charge in [-0.1, -0.05) is 12.1 Å². The summed E-state index contributed by atoms with van der Waals surface area (Å²) in [4.78, 5) is 2.32. The van der Waals surface area contributed by atoms with Gasteiger partial charge < -0.3 is 20.0 Å². The second-order valence-electron chi connectivity index (χ2n) is 7.65. The second kappa shape index (κ2) is 10.2. The van der Waals surface area contributed by atoms with E-state index in [1.165, 1.54) is 6.07 Å². The molecule has 2 atom stereocenters. The SMILES string of the molecule is Cl.Cl.NCCO[C@H]1C[C@@H](O)C12CCN(Cc1ccc(-c3ccccc3F)o1)CC2. The van der Waals surface area contributed by atoms with Crippen molar-refractivity contribution in [3.63, 3.8) is 0 Å². The van der Waals surface area contributed by atoms with Gasteiger partial charge in [-0.25, -0.2) is 4.39 Å². The summed E-state index contributed by atoms with van der Waals surface area (Å²) >= 11 is 0. The second-order valence-corrected chi connectivity index (χ2v) is 7.65. The van der Waals surface area contributed by atoms with Crippen LogP contribution in [-0.2, 0) is 11.3 Å². The average molecular weight is 447 g/mol. The van der Waals surface area contributed by atoms with Crippen molar-refractivity contribution >= 4 is 24.8 Å². The number of ether oxygens (including phenoxy) is 1. The Morgan fingerprint density at radius 1 is 1.17 bits per heavy atom. The Morgan fingerprint density at radius 2 is 1.90 bits per heavy atom. The van der Waals surface area contributed by atoms with E-state index in [9.17, 15) is 9.50 Å². The average Bonchev–Trinajstić information content (AvgIpc) is 3.14. The van der Waals surface area contributed by atoms with Crippen LogP contribution in [0.1, 0.15) is 25.0 Å². The van der Waals surface area contributed by atoms with Crippen LogP contribution < -0.4 is 5.73 Å². The molecule has 1 aliphatic carbocycles. The molecule has 0 amide bonds. The number of likely N-dealkylation sites (tertiary alicyclic amines) is 1. The fourth-order valence-electron chi connectivity index (χ4n) is 4.44. The van der Waals surface area contributed by atoms with Crippen molar-refractivity contribution in [2.45, 2.75) is 38.0 Å². The van der Waals surface area contributed by atoms with Gasteiger partial charge in [-0.2, -0.15) is 0 Å². The highest BCUT2D eigenvalue weighted by atomic mass is 35.5. The maximum atomic E-state index is 13.9. The zero-order valence-corrected chi connectivity index (χ0v) is 17.9. The van der Waals surface area contributed by atoms with Gasteiger partial charge in [-0.3, -0.25) is 4.90 Å². The zero-order chi connectivity index (χ0) is 18.9. The molecule has 1 aromatic heterocycles. The van der Waals surface area contributed by atoms with Gasteiger partial charge in [0.2, 0.25) is 0 Å². The number of aliphatic hydroxyl groups is 1. The fourth-order valence-corrected chi connectivity index (χ4v) is 4.44. The summed E-state index contributed by atoms with van der Waals surface area (Å²) in [7, 11) is 0. The summed E-state index contributed by atoms with van der Waals surface area (Å²) in [5.41, 5.74) is 5.91. The minimum absolute atomic E-state index is 0. The van der Waals surface area contributed by atoms with Crippen molar-refractivity contribution in [2.75, 3.05) is 26.2 Å². The number of furan rings is 1. The first-order chi connectivity index (χ1) is 13.1. The molecule has 1 saturated carbocycles. The Balaban J connectivity index is 0.00000150. The minimum Gasteiger partial charge on any atom is -0.460 e. The molecule has 1 saturated heterocycles. The maximum absolute atomic E-state index is 13.9. The summed E-state index contributed by atoms with van der Waals surface area (Å²) in [5.74, 6) is 1.11. The highest BCUT2D eigenvalue weighted by Gasteiger charge is 2.56. The molecule has 29 heavy (non-hydrogen) atoms. The topological polar surface area (TPSA) is 71.9 Å². The van der Waals surface area contributed by atoms with E-state index in [-0.39, 0.29) is 48.3 Å². The molecule has 2 aliphatic rings. The van der Waals surface area contributed by atoms with Crippen molar-refractivity contribution in [2.24, 2.45) is 11.1 Å². The number of nitrogens with zero attached hydrogens (tertiary/aromatic N) is 1. The van der Waals surface area contributed by atoms with Crippen LogP contribution in [0.2, 0.25) is 0 Å². The summed E-state index contributed by atoms with van der Waals surface area (Å²) in [6.07, 6.45) is 2.37. The standard InChI is InChI=1S/C21H27FN2O3.2ClH/c22-17-4-2-1-3-16(17)18-6-5-15(27-18)14-24-10-7-21(8-11-24)19(25)13-20(21)26-12-9-23;;/h1-6,19-20,25H,7-14,23H2;2*1H/t19-,20+;;/m1../s1. The summed E-state index contributed by atoms with van der Waals surface area (Å²) in [5, 5.41) is 10.3. The van der Waals surface area contributed by atoms with Gasteiger partial charge in [0.15, 0.2) is 0 Å². The van der Waals surface area contributed by atoms with E-state index in [0.29, 0.717) is 37.4 Å². The molecule has 2 heterocycles. The number of hydrogen-bond acceptors (Lipinski definition) is 5. The van der Waals surface area contributed by atoms with Crippen molar-refractivity contribution in [1.82, 2.24) is 4.90 Å². The van der Waals surface area contributed by atoms with Gasteiger partial charge in [0.05, 0.1) is 30.9 Å². The number of halogens is 3. The number of nitrogens with two attached hydrogens (primary N) is 1. The normalized spacial score (nSPS) is 23.1. The molecule has 2 fully saturated rings. The van der Waals surface area contributed by atoms with Gasteiger partial charge in [-0.15, -0.1) is 24.8 Å². The predicted octanol–water partition coefficient (Wildman–Crippen LogP) is 3.62. The molecule has 1 aromatic carbocycles. The summed E-state index contributed by atoms with van der Waals surface area (Å²) in [6.45, 7) is 3.52.